The van der Waals surface area contributed by atoms with Crippen molar-refractivity contribution in [3.8, 4) is 0 Å². The van der Waals surface area contributed by atoms with E-state index in [2.05, 4.69) is 20.7 Å². The second-order valence-corrected chi connectivity index (χ2v) is 7.97. The third-order valence-corrected chi connectivity index (χ3v) is 5.56. The molecule has 1 aliphatic heterocycles. The molecule has 3 rings (SSSR count). The number of halogens is 1. The second kappa shape index (κ2) is 9.09. The van der Waals surface area contributed by atoms with E-state index >= 15 is 0 Å². The summed E-state index contributed by atoms with van der Waals surface area (Å²) in [5.41, 5.74) is 0.897. The molecule has 1 unspecified atom stereocenters. The Labute approximate surface area is 167 Å². The second-order valence-electron chi connectivity index (χ2n) is 6.64. The quantitative estimate of drug-likeness (QED) is 0.733. The molecule has 9 heteroatoms. The zero-order valence-electron chi connectivity index (χ0n) is 15.8. The van der Waals surface area contributed by atoms with E-state index in [0.29, 0.717) is 17.3 Å². The summed E-state index contributed by atoms with van der Waals surface area (Å²) in [5.74, 6) is -0.146. The van der Waals surface area contributed by atoms with Crippen LogP contribution in [0.4, 0.5) is 21.6 Å². The summed E-state index contributed by atoms with van der Waals surface area (Å²) in [7, 11) is 0. The number of thioether (sulfide) groups is 1. The molecule has 0 aliphatic carbocycles. The van der Waals surface area contributed by atoms with E-state index in [4.69, 9.17) is 4.52 Å². The molecule has 2 amide bonds. The molecule has 0 saturated carbocycles. The summed E-state index contributed by atoms with van der Waals surface area (Å²) in [6.45, 7) is 5.11. The molecule has 2 N–H and O–H groups in total. The van der Waals surface area contributed by atoms with E-state index < -0.39 is 11.1 Å². The molecule has 150 valence electrons. The van der Waals surface area contributed by atoms with Crippen molar-refractivity contribution in [2.24, 2.45) is 0 Å². The zero-order valence-corrected chi connectivity index (χ0v) is 16.6. The molecule has 1 aliphatic rings. The fraction of sp³-hybridized carbons (Fsp3) is 0.421. The fourth-order valence-electron chi connectivity index (χ4n) is 2.96. The van der Waals surface area contributed by atoms with Crippen molar-refractivity contribution in [1.29, 1.82) is 0 Å². The molecule has 1 fully saturated rings. The van der Waals surface area contributed by atoms with Gasteiger partial charge in [-0.15, -0.1) is 11.8 Å². The molecule has 0 spiro atoms. The summed E-state index contributed by atoms with van der Waals surface area (Å²) in [6, 6.07) is 6.40. The maximum atomic E-state index is 14.3. The predicted octanol–water partition coefficient (Wildman–Crippen LogP) is 3.42. The number of hydrogen-bond acceptors (Lipinski definition) is 6. The minimum atomic E-state index is -0.485. The zero-order chi connectivity index (χ0) is 20.1. The normalized spacial score (nSPS) is 14.8. The highest BCUT2D eigenvalue weighted by Gasteiger charge is 2.21. The Morgan fingerprint density at radius 2 is 2.07 bits per heavy atom. The van der Waals surface area contributed by atoms with Crippen LogP contribution in [0, 0.1) is 12.7 Å². The minimum Gasteiger partial charge on any atom is -0.370 e. The average molecular weight is 406 g/mol. The van der Waals surface area contributed by atoms with Gasteiger partial charge in [-0.2, -0.15) is 0 Å². The fourth-order valence-corrected chi connectivity index (χ4v) is 3.65. The highest BCUT2D eigenvalue weighted by atomic mass is 32.2. The number of carbonyl (C=O) groups is 2. The number of para-hydroxylation sites is 1. The number of aryl methyl sites for hydroxylation is 1. The first kappa shape index (κ1) is 20.2. The Hall–Kier alpha value is -2.55. The Morgan fingerprint density at radius 3 is 2.75 bits per heavy atom. The number of anilines is 3. The molecular formula is C19H23FN4O3S. The summed E-state index contributed by atoms with van der Waals surface area (Å²) in [4.78, 5) is 26.6. The predicted molar refractivity (Wildman–Crippen MR) is 108 cm³/mol. The Bertz CT molecular complexity index is 851. The highest BCUT2D eigenvalue weighted by molar-refractivity contribution is 8.01. The van der Waals surface area contributed by atoms with Crippen molar-refractivity contribution in [2.45, 2.75) is 31.9 Å². The van der Waals surface area contributed by atoms with Gasteiger partial charge in [0, 0.05) is 19.2 Å². The van der Waals surface area contributed by atoms with Gasteiger partial charge in [-0.25, -0.2) is 4.39 Å². The van der Waals surface area contributed by atoms with Crippen LogP contribution in [0.5, 0.6) is 0 Å². The standard InChI is InChI=1S/C19H23FN4O3S/c1-12-10-16(23-27-12)21-19(26)13(2)28-11-17(25)22-18-14(20)6-5-7-15(18)24-8-3-4-9-24/h5-7,10,13H,3-4,8-9,11H2,1-2H3,(H,22,25)(H,21,23,26). The van der Waals surface area contributed by atoms with E-state index in [-0.39, 0.29) is 23.3 Å². The van der Waals surface area contributed by atoms with Gasteiger partial charge in [-0.3, -0.25) is 9.59 Å². The van der Waals surface area contributed by atoms with Crippen LogP contribution in [-0.4, -0.2) is 41.1 Å². The van der Waals surface area contributed by atoms with Gasteiger partial charge in [-0.1, -0.05) is 11.2 Å². The highest BCUT2D eigenvalue weighted by Crippen LogP contribution is 2.31. The van der Waals surface area contributed by atoms with Crippen LogP contribution >= 0.6 is 11.8 Å². The van der Waals surface area contributed by atoms with Crippen molar-refractivity contribution in [3.05, 3.63) is 35.8 Å². The monoisotopic (exact) mass is 406 g/mol. The Balaban J connectivity index is 1.55. The molecule has 1 aromatic heterocycles. The summed E-state index contributed by atoms with van der Waals surface area (Å²) < 4.78 is 19.2. The van der Waals surface area contributed by atoms with E-state index in [9.17, 15) is 14.0 Å². The average Bonchev–Trinajstić information content (AvgIpc) is 3.33. The molecule has 0 radical (unpaired) electrons. The van der Waals surface area contributed by atoms with Gasteiger partial charge in [0.2, 0.25) is 11.8 Å². The van der Waals surface area contributed by atoms with Crippen LogP contribution < -0.4 is 15.5 Å². The van der Waals surface area contributed by atoms with Gasteiger partial charge in [0.05, 0.1) is 16.7 Å². The van der Waals surface area contributed by atoms with E-state index in [1.54, 1.807) is 26.0 Å². The largest absolute Gasteiger partial charge is 0.370 e. The van der Waals surface area contributed by atoms with Crippen LogP contribution in [-0.2, 0) is 9.59 Å². The van der Waals surface area contributed by atoms with Crippen LogP contribution in [0.15, 0.2) is 28.8 Å². The van der Waals surface area contributed by atoms with Crippen LogP contribution in [0.25, 0.3) is 0 Å². The number of nitrogens with zero attached hydrogens (tertiary/aromatic N) is 2. The van der Waals surface area contributed by atoms with Gasteiger partial charge in [0.25, 0.3) is 0 Å². The van der Waals surface area contributed by atoms with Crippen molar-refractivity contribution in [2.75, 3.05) is 34.4 Å². The van der Waals surface area contributed by atoms with Crippen LogP contribution in [0.2, 0.25) is 0 Å². The van der Waals surface area contributed by atoms with Gasteiger partial charge in [-0.05, 0) is 38.8 Å². The molecule has 0 bridgehead atoms. The lowest BCUT2D eigenvalue weighted by molar-refractivity contribution is -0.115. The summed E-state index contributed by atoms with van der Waals surface area (Å²) in [5, 5.41) is 8.52. The molecule has 7 nitrogen and oxygen atoms in total. The van der Waals surface area contributed by atoms with E-state index in [1.807, 2.05) is 6.07 Å². The number of benzene rings is 1. The lowest BCUT2D eigenvalue weighted by Crippen LogP contribution is -2.26. The Morgan fingerprint density at radius 1 is 1.32 bits per heavy atom. The molecular weight excluding hydrogens is 383 g/mol. The molecule has 28 heavy (non-hydrogen) atoms. The summed E-state index contributed by atoms with van der Waals surface area (Å²) >= 11 is 1.16. The van der Waals surface area contributed by atoms with Crippen molar-refractivity contribution in [1.82, 2.24) is 5.16 Å². The SMILES string of the molecule is Cc1cc(NC(=O)C(C)SCC(=O)Nc2c(F)cccc2N2CCCC2)no1. The number of nitrogens with one attached hydrogen (secondary N) is 2. The molecule has 1 saturated heterocycles. The van der Waals surface area contributed by atoms with Crippen molar-refractivity contribution < 1.29 is 18.5 Å². The lowest BCUT2D eigenvalue weighted by Gasteiger charge is -2.22. The first-order chi connectivity index (χ1) is 13.4. The number of hydrogen-bond donors (Lipinski definition) is 2. The van der Waals surface area contributed by atoms with Gasteiger partial charge < -0.3 is 20.1 Å². The minimum absolute atomic E-state index is 0.0280. The van der Waals surface area contributed by atoms with Gasteiger partial charge in [0.1, 0.15) is 17.3 Å². The maximum Gasteiger partial charge on any atom is 0.238 e. The lowest BCUT2D eigenvalue weighted by atomic mass is 10.2. The molecule has 1 atom stereocenters. The first-order valence-corrected chi connectivity index (χ1v) is 10.2. The number of aromatic nitrogens is 1. The first-order valence-electron chi connectivity index (χ1n) is 9.13. The van der Waals surface area contributed by atoms with Gasteiger partial charge >= 0.3 is 0 Å². The van der Waals surface area contributed by atoms with E-state index in [1.165, 1.54) is 6.07 Å². The van der Waals surface area contributed by atoms with Crippen molar-refractivity contribution in [3.63, 3.8) is 0 Å². The smallest absolute Gasteiger partial charge is 0.238 e. The summed E-state index contributed by atoms with van der Waals surface area (Å²) in [6.07, 6.45) is 2.11. The maximum absolute atomic E-state index is 14.3. The Kier molecular flexibility index (Phi) is 6.56. The molecule has 1 aromatic carbocycles. The number of amides is 2. The number of carbonyl (C=O) groups excluding carboxylic acids is 2. The number of rotatable bonds is 7. The topological polar surface area (TPSA) is 87.5 Å². The van der Waals surface area contributed by atoms with E-state index in [0.717, 1.165) is 37.7 Å². The third-order valence-electron chi connectivity index (χ3n) is 4.42. The molecule has 2 heterocycles. The van der Waals surface area contributed by atoms with Crippen LogP contribution in [0.1, 0.15) is 25.5 Å². The van der Waals surface area contributed by atoms with Crippen LogP contribution in [0.3, 0.4) is 0 Å². The third kappa shape index (κ3) is 5.03. The molecule has 2 aromatic rings. The van der Waals surface area contributed by atoms with Crippen molar-refractivity contribution >= 4 is 40.8 Å². The van der Waals surface area contributed by atoms with Gasteiger partial charge in [0.15, 0.2) is 5.82 Å².